The SMILES string of the molecule is CCCCCCC[C@H]1CC(=O)C(C2OC(CO)C(O)C(O)C2O)=C[C@H]1CC. The lowest BCUT2D eigenvalue weighted by Gasteiger charge is -2.42. The van der Waals surface area contributed by atoms with Crippen molar-refractivity contribution in [2.45, 2.75) is 95.7 Å². The molecule has 0 spiro atoms. The Morgan fingerprint density at radius 1 is 1.04 bits per heavy atom. The van der Waals surface area contributed by atoms with Crippen LogP contribution in [0.5, 0.6) is 0 Å². The molecule has 0 aromatic carbocycles. The van der Waals surface area contributed by atoms with E-state index in [4.69, 9.17) is 4.74 Å². The average molecular weight is 385 g/mol. The molecule has 0 saturated carbocycles. The van der Waals surface area contributed by atoms with Crippen LogP contribution in [0.4, 0.5) is 0 Å². The van der Waals surface area contributed by atoms with Crippen molar-refractivity contribution in [3.8, 4) is 0 Å². The molecule has 0 amide bonds. The largest absolute Gasteiger partial charge is 0.394 e. The highest BCUT2D eigenvalue weighted by Crippen LogP contribution is 2.37. The molecule has 1 fully saturated rings. The van der Waals surface area contributed by atoms with Gasteiger partial charge in [0.15, 0.2) is 5.78 Å². The number of Topliss-reactive ketones (excluding diaryl/α,β-unsaturated/α-hetero) is 1. The van der Waals surface area contributed by atoms with Crippen LogP contribution in [0, 0.1) is 11.8 Å². The van der Waals surface area contributed by atoms with E-state index in [1.165, 1.54) is 25.7 Å². The summed E-state index contributed by atoms with van der Waals surface area (Å²) < 4.78 is 5.59. The number of allylic oxidation sites excluding steroid dienone is 1. The number of hydrogen-bond donors (Lipinski definition) is 4. The van der Waals surface area contributed by atoms with Crippen LogP contribution < -0.4 is 0 Å². The fraction of sp³-hybridized carbons (Fsp3) is 0.857. The fourth-order valence-electron chi connectivity index (χ4n) is 4.36. The van der Waals surface area contributed by atoms with Gasteiger partial charge in [-0.25, -0.2) is 0 Å². The highest BCUT2D eigenvalue weighted by Gasteiger charge is 2.47. The lowest BCUT2D eigenvalue weighted by atomic mass is 9.74. The van der Waals surface area contributed by atoms with Gasteiger partial charge in [-0.05, 0) is 24.7 Å². The minimum absolute atomic E-state index is 0.0670. The smallest absolute Gasteiger partial charge is 0.161 e. The Kier molecular flexibility index (Phi) is 8.89. The minimum atomic E-state index is -1.45. The van der Waals surface area contributed by atoms with E-state index in [-0.39, 0.29) is 11.7 Å². The Hall–Kier alpha value is -0.790. The lowest BCUT2D eigenvalue weighted by Crippen LogP contribution is -2.59. The second-order valence-electron chi connectivity index (χ2n) is 8.03. The van der Waals surface area contributed by atoms with Crippen LogP contribution in [0.15, 0.2) is 11.6 Å². The minimum Gasteiger partial charge on any atom is -0.394 e. The summed E-state index contributed by atoms with van der Waals surface area (Å²) in [5.74, 6) is 0.469. The molecule has 5 unspecified atom stereocenters. The number of hydrogen-bond acceptors (Lipinski definition) is 6. The summed E-state index contributed by atoms with van der Waals surface area (Å²) in [5, 5.41) is 39.7. The highest BCUT2D eigenvalue weighted by atomic mass is 16.5. The monoisotopic (exact) mass is 384 g/mol. The molecule has 156 valence electrons. The van der Waals surface area contributed by atoms with Crippen molar-refractivity contribution in [3.05, 3.63) is 11.6 Å². The molecule has 0 aromatic heterocycles. The third-order valence-corrected chi connectivity index (χ3v) is 6.12. The van der Waals surface area contributed by atoms with Crippen LogP contribution in [0.2, 0.25) is 0 Å². The second kappa shape index (κ2) is 10.7. The standard InChI is InChI=1S/C21H36O6/c1-3-5-6-7-8-9-14-11-16(23)15(10-13(14)4-2)21-20(26)19(25)18(24)17(12-22)27-21/h10,13-14,17-22,24-26H,3-9,11-12H2,1-2H3/t13-,14+,17?,18?,19?,20?,21?/m1/s1. The molecule has 0 bridgehead atoms. The molecule has 1 aliphatic heterocycles. The molecule has 1 heterocycles. The van der Waals surface area contributed by atoms with Gasteiger partial charge in [0.25, 0.3) is 0 Å². The van der Waals surface area contributed by atoms with Gasteiger partial charge in [0, 0.05) is 12.0 Å². The molecule has 4 N–H and O–H groups in total. The summed E-state index contributed by atoms with van der Waals surface area (Å²) in [7, 11) is 0. The molecule has 6 nitrogen and oxygen atoms in total. The first-order chi connectivity index (χ1) is 12.9. The normalized spacial score (nSPS) is 37.3. The summed E-state index contributed by atoms with van der Waals surface area (Å²) in [6, 6.07) is 0. The van der Waals surface area contributed by atoms with Crippen molar-refractivity contribution in [1.29, 1.82) is 0 Å². The van der Waals surface area contributed by atoms with Crippen molar-refractivity contribution < 1.29 is 30.0 Å². The van der Waals surface area contributed by atoms with Gasteiger partial charge in [0.1, 0.15) is 30.5 Å². The van der Waals surface area contributed by atoms with Gasteiger partial charge in [-0.3, -0.25) is 4.79 Å². The van der Waals surface area contributed by atoms with Crippen molar-refractivity contribution >= 4 is 5.78 Å². The Morgan fingerprint density at radius 2 is 1.74 bits per heavy atom. The number of carbonyl (C=O) groups is 1. The zero-order valence-electron chi connectivity index (χ0n) is 16.6. The molecule has 0 radical (unpaired) electrons. The van der Waals surface area contributed by atoms with Gasteiger partial charge >= 0.3 is 0 Å². The Balaban J connectivity index is 2.07. The maximum absolute atomic E-state index is 12.8. The van der Waals surface area contributed by atoms with Crippen LogP contribution in [0.1, 0.15) is 65.2 Å². The zero-order valence-corrected chi connectivity index (χ0v) is 16.6. The van der Waals surface area contributed by atoms with Crippen LogP contribution >= 0.6 is 0 Å². The van der Waals surface area contributed by atoms with Gasteiger partial charge in [-0.1, -0.05) is 52.0 Å². The van der Waals surface area contributed by atoms with Crippen molar-refractivity contribution in [3.63, 3.8) is 0 Å². The van der Waals surface area contributed by atoms with Crippen LogP contribution in [0.3, 0.4) is 0 Å². The van der Waals surface area contributed by atoms with E-state index in [0.717, 1.165) is 19.3 Å². The number of ketones is 1. The first-order valence-corrected chi connectivity index (χ1v) is 10.5. The third kappa shape index (κ3) is 5.39. The zero-order chi connectivity index (χ0) is 20.0. The van der Waals surface area contributed by atoms with E-state index in [1.807, 2.05) is 6.08 Å². The van der Waals surface area contributed by atoms with E-state index < -0.39 is 37.1 Å². The number of aliphatic hydroxyl groups excluding tert-OH is 4. The molecule has 6 heteroatoms. The maximum Gasteiger partial charge on any atom is 0.161 e. The molecule has 2 rings (SSSR count). The fourth-order valence-corrected chi connectivity index (χ4v) is 4.36. The van der Waals surface area contributed by atoms with Crippen LogP contribution in [0.25, 0.3) is 0 Å². The molecular formula is C21H36O6. The molecule has 7 atom stereocenters. The number of rotatable bonds is 9. The van der Waals surface area contributed by atoms with E-state index in [2.05, 4.69) is 13.8 Å². The Bertz CT molecular complexity index is 503. The van der Waals surface area contributed by atoms with E-state index in [1.54, 1.807) is 0 Å². The lowest BCUT2D eigenvalue weighted by molar-refractivity contribution is -0.220. The van der Waals surface area contributed by atoms with Crippen LogP contribution in [-0.2, 0) is 9.53 Å². The predicted octanol–water partition coefficient (Wildman–Crippen LogP) is 1.73. The van der Waals surface area contributed by atoms with Gasteiger partial charge in [-0.2, -0.15) is 0 Å². The van der Waals surface area contributed by atoms with E-state index in [0.29, 0.717) is 17.9 Å². The molecule has 1 aliphatic carbocycles. The maximum atomic E-state index is 12.8. The van der Waals surface area contributed by atoms with Crippen LogP contribution in [-0.4, -0.2) is 63.3 Å². The number of aliphatic hydroxyl groups is 4. The second-order valence-corrected chi connectivity index (χ2v) is 8.03. The first-order valence-electron chi connectivity index (χ1n) is 10.5. The molecular weight excluding hydrogens is 348 g/mol. The summed E-state index contributed by atoms with van der Waals surface area (Å²) >= 11 is 0. The highest BCUT2D eigenvalue weighted by molar-refractivity contribution is 5.97. The van der Waals surface area contributed by atoms with E-state index >= 15 is 0 Å². The molecule has 0 aromatic rings. The third-order valence-electron chi connectivity index (χ3n) is 6.12. The molecule has 2 aliphatic rings. The molecule has 1 saturated heterocycles. The summed E-state index contributed by atoms with van der Waals surface area (Å²) in [6.07, 6.45) is 4.02. The Labute approximate surface area is 162 Å². The van der Waals surface area contributed by atoms with Gasteiger partial charge in [-0.15, -0.1) is 0 Å². The summed E-state index contributed by atoms with van der Waals surface area (Å²) in [4.78, 5) is 12.8. The van der Waals surface area contributed by atoms with Gasteiger partial charge in [0.05, 0.1) is 6.61 Å². The summed E-state index contributed by atoms with van der Waals surface area (Å²) in [5.41, 5.74) is 0.376. The van der Waals surface area contributed by atoms with Gasteiger partial charge < -0.3 is 25.2 Å². The predicted molar refractivity (Wildman–Crippen MR) is 102 cm³/mol. The topological polar surface area (TPSA) is 107 Å². The quantitative estimate of drug-likeness (QED) is 0.451. The van der Waals surface area contributed by atoms with Crippen molar-refractivity contribution in [2.75, 3.05) is 6.61 Å². The number of unbranched alkanes of at least 4 members (excludes halogenated alkanes) is 4. The summed E-state index contributed by atoms with van der Waals surface area (Å²) in [6.45, 7) is 3.80. The van der Waals surface area contributed by atoms with E-state index in [9.17, 15) is 25.2 Å². The van der Waals surface area contributed by atoms with Crippen molar-refractivity contribution in [2.24, 2.45) is 11.8 Å². The van der Waals surface area contributed by atoms with Crippen molar-refractivity contribution in [1.82, 2.24) is 0 Å². The number of carbonyl (C=O) groups excluding carboxylic acids is 1. The Morgan fingerprint density at radius 3 is 2.37 bits per heavy atom. The molecule has 27 heavy (non-hydrogen) atoms. The average Bonchev–Trinajstić information content (AvgIpc) is 2.67. The number of ether oxygens (including phenoxy) is 1. The van der Waals surface area contributed by atoms with Gasteiger partial charge in [0.2, 0.25) is 0 Å². The first kappa shape index (κ1) is 22.5.